The van der Waals surface area contributed by atoms with Crippen LogP contribution in [0.4, 0.5) is 5.69 Å². The highest BCUT2D eigenvalue weighted by Crippen LogP contribution is 2.32. The molecule has 0 saturated carbocycles. The third-order valence-electron chi connectivity index (χ3n) is 3.27. The van der Waals surface area contributed by atoms with Gasteiger partial charge in [-0.15, -0.1) is 0 Å². The molecule has 0 aliphatic carbocycles. The number of hydrogen-bond acceptors (Lipinski definition) is 1. The van der Waals surface area contributed by atoms with Gasteiger partial charge in [-0.1, -0.05) is 67.7 Å². The van der Waals surface area contributed by atoms with Gasteiger partial charge in [0, 0.05) is 5.56 Å². The first-order valence-electron chi connectivity index (χ1n) is 6.75. The minimum atomic E-state index is -0.249. The Morgan fingerprint density at radius 3 is 2.00 bits per heavy atom. The van der Waals surface area contributed by atoms with Gasteiger partial charge >= 0.3 is 0 Å². The normalized spacial score (nSPS) is 11.4. The molecule has 0 saturated heterocycles. The minimum absolute atomic E-state index is 0.0437. The Bertz CT molecular complexity index is 703. The molecule has 116 valence electrons. The highest BCUT2D eigenvalue weighted by atomic mass is 35.5. The van der Waals surface area contributed by atoms with E-state index in [1.807, 2.05) is 12.1 Å². The molecule has 0 aromatic heterocycles. The van der Waals surface area contributed by atoms with Crippen molar-refractivity contribution in [3.63, 3.8) is 0 Å². The van der Waals surface area contributed by atoms with Gasteiger partial charge in [0.2, 0.25) is 0 Å². The highest BCUT2D eigenvalue weighted by Gasteiger charge is 2.15. The molecule has 22 heavy (non-hydrogen) atoms. The second-order valence-electron chi connectivity index (χ2n) is 6.03. The molecule has 0 bridgehead atoms. The molecular formula is C17H16Cl3NO. The monoisotopic (exact) mass is 355 g/mol. The van der Waals surface area contributed by atoms with Crippen molar-refractivity contribution >= 4 is 46.4 Å². The summed E-state index contributed by atoms with van der Waals surface area (Å²) in [7, 11) is 0. The maximum Gasteiger partial charge on any atom is 0.255 e. The van der Waals surface area contributed by atoms with Gasteiger partial charge in [-0.05, 0) is 35.2 Å². The molecule has 1 N–H and O–H groups in total. The quantitative estimate of drug-likeness (QED) is 0.638. The molecule has 0 heterocycles. The fraction of sp³-hybridized carbons (Fsp3) is 0.235. The molecule has 0 fully saturated rings. The minimum Gasteiger partial charge on any atom is -0.321 e. The zero-order chi connectivity index (χ0) is 16.5. The zero-order valence-electron chi connectivity index (χ0n) is 12.5. The van der Waals surface area contributed by atoms with E-state index in [9.17, 15) is 4.79 Å². The molecule has 0 radical (unpaired) electrons. The van der Waals surface area contributed by atoms with Gasteiger partial charge in [-0.3, -0.25) is 4.79 Å². The van der Waals surface area contributed by atoms with E-state index in [1.165, 1.54) is 12.1 Å². The molecule has 2 nitrogen and oxygen atoms in total. The Hall–Kier alpha value is -1.22. The predicted octanol–water partition coefficient (Wildman–Crippen LogP) is 6.20. The van der Waals surface area contributed by atoms with E-state index in [0.29, 0.717) is 26.3 Å². The number of nitrogens with one attached hydrogen (secondary N) is 1. The summed E-state index contributed by atoms with van der Waals surface area (Å²) in [6, 6.07) is 10.5. The standard InChI is InChI=1S/C17H16Cl3NO/c1-17(2,3)11-6-4-10(5-7-11)16(22)21-15-9-13(19)12(18)8-14(15)20/h4-9H,1-3H3,(H,21,22). The predicted molar refractivity (Wildman–Crippen MR) is 94.6 cm³/mol. The number of amides is 1. The van der Waals surface area contributed by atoms with Crippen molar-refractivity contribution in [3.8, 4) is 0 Å². The summed E-state index contributed by atoms with van der Waals surface area (Å²) in [5.74, 6) is -0.249. The molecule has 2 aromatic rings. The van der Waals surface area contributed by atoms with Crippen molar-refractivity contribution in [1.82, 2.24) is 0 Å². The van der Waals surface area contributed by atoms with Crippen LogP contribution in [0.25, 0.3) is 0 Å². The molecule has 2 rings (SSSR count). The third-order valence-corrected chi connectivity index (χ3v) is 4.31. The van der Waals surface area contributed by atoms with E-state index in [4.69, 9.17) is 34.8 Å². The Morgan fingerprint density at radius 1 is 0.909 bits per heavy atom. The summed E-state index contributed by atoms with van der Waals surface area (Å²) in [5.41, 5.74) is 2.19. The number of rotatable bonds is 2. The van der Waals surface area contributed by atoms with E-state index >= 15 is 0 Å². The summed E-state index contributed by atoms with van der Waals surface area (Å²) in [6.07, 6.45) is 0. The number of carbonyl (C=O) groups excluding carboxylic acids is 1. The lowest BCUT2D eigenvalue weighted by Gasteiger charge is -2.19. The second kappa shape index (κ2) is 6.49. The molecule has 0 aliphatic heterocycles. The first-order valence-corrected chi connectivity index (χ1v) is 7.88. The van der Waals surface area contributed by atoms with Gasteiger partial charge in [-0.25, -0.2) is 0 Å². The van der Waals surface area contributed by atoms with E-state index in [1.54, 1.807) is 12.1 Å². The van der Waals surface area contributed by atoms with Crippen LogP contribution >= 0.6 is 34.8 Å². The topological polar surface area (TPSA) is 29.1 Å². The van der Waals surface area contributed by atoms with E-state index in [0.717, 1.165) is 5.56 Å². The Labute approximate surface area is 145 Å². The van der Waals surface area contributed by atoms with E-state index in [2.05, 4.69) is 26.1 Å². The molecule has 0 unspecified atom stereocenters. The summed E-state index contributed by atoms with van der Waals surface area (Å²) in [5, 5.41) is 3.76. The molecule has 0 aliphatic rings. The number of halogens is 3. The average molecular weight is 357 g/mol. The lowest BCUT2D eigenvalue weighted by molar-refractivity contribution is 0.102. The van der Waals surface area contributed by atoms with Crippen molar-refractivity contribution in [2.24, 2.45) is 0 Å². The van der Waals surface area contributed by atoms with Gasteiger partial charge in [0.05, 0.1) is 20.8 Å². The van der Waals surface area contributed by atoms with Gasteiger partial charge < -0.3 is 5.32 Å². The molecule has 5 heteroatoms. The van der Waals surface area contributed by atoms with Gasteiger partial charge in [0.15, 0.2) is 0 Å². The number of benzene rings is 2. The Morgan fingerprint density at radius 2 is 1.45 bits per heavy atom. The van der Waals surface area contributed by atoms with E-state index in [-0.39, 0.29) is 11.3 Å². The highest BCUT2D eigenvalue weighted by molar-refractivity contribution is 6.44. The van der Waals surface area contributed by atoms with E-state index < -0.39 is 0 Å². The molecular weight excluding hydrogens is 341 g/mol. The van der Waals surface area contributed by atoms with Gasteiger partial charge in [-0.2, -0.15) is 0 Å². The number of anilines is 1. The summed E-state index contributed by atoms with van der Waals surface area (Å²) >= 11 is 17.9. The van der Waals surface area contributed by atoms with Crippen LogP contribution in [0.3, 0.4) is 0 Å². The summed E-state index contributed by atoms with van der Waals surface area (Å²) in [6.45, 7) is 6.37. The molecule has 0 atom stereocenters. The second-order valence-corrected chi connectivity index (χ2v) is 7.25. The fourth-order valence-corrected chi connectivity index (χ4v) is 2.53. The maximum absolute atomic E-state index is 12.3. The van der Waals surface area contributed by atoms with Crippen molar-refractivity contribution in [2.75, 3.05) is 5.32 Å². The van der Waals surface area contributed by atoms with Crippen molar-refractivity contribution < 1.29 is 4.79 Å². The van der Waals surface area contributed by atoms with Crippen LogP contribution < -0.4 is 5.32 Å². The SMILES string of the molecule is CC(C)(C)c1ccc(C(=O)Nc2cc(Cl)c(Cl)cc2Cl)cc1. The van der Waals surface area contributed by atoms with Crippen LogP contribution in [0.15, 0.2) is 36.4 Å². The van der Waals surface area contributed by atoms with Crippen molar-refractivity contribution in [3.05, 3.63) is 62.6 Å². The fourth-order valence-electron chi connectivity index (χ4n) is 1.93. The Kier molecular flexibility index (Phi) is 5.06. The number of carbonyl (C=O) groups is 1. The lowest BCUT2D eigenvalue weighted by atomic mass is 9.87. The summed E-state index contributed by atoms with van der Waals surface area (Å²) < 4.78 is 0. The van der Waals surface area contributed by atoms with Crippen LogP contribution in [0.2, 0.25) is 15.1 Å². The number of hydrogen-bond donors (Lipinski definition) is 1. The zero-order valence-corrected chi connectivity index (χ0v) is 14.8. The molecule has 1 amide bonds. The lowest BCUT2D eigenvalue weighted by Crippen LogP contribution is -2.14. The van der Waals surface area contributed by atoms with Gasteiger partial charge in [0.1, 0.15) is 0 Å². The first-order chi connectivity index (χ1) is 10.2. The smallest absolute Gasteiger partial charge is 0.255 e. The van der Waals surface area contributed by atoms with Crippen molar-refractivity contribution in [2.45, 2.75) is 26.2 Å². The molecule has 2 aromatic carbocycles. The van der Waals surface area contributed by atoms with Crippen LogP contribution in [-0.4, -0.2) is 5.91 Å². The van der Waals surface area contributed by atoms with Crippen LogP contribution in [0.1, 0.15) is 36.7 Å². The summed E-state index contributed by atoms with van der Waals surface area (Å²) in [4.78, 5) is 12.3. The largest absolute Gasteiger partial charge is 0.321 e. The maximum atomic E-state index is 12.3. The van der Waals surface area contributed by atoms with Crippen LogP contribution in [-0.2, 0) is 5.41 Å². The van der Waals surface area contributed by atoms with Crippen LogP contribution in [0, 0.1) is 0 Å². The Balaban J connectivity index is 2.21. The third kappa shape index (κ3) is 3.95. The molecule has 0 spiro atoms. The van der Waals surface area contributed by atoms with Crippen LogP contribution in [0.5, 0.6) is 0 Å². The first kappa shape index (κ1) is 17.1. The van der Waals surface area contributed by atoms with Crippen molar-refractivity contribution in [1.29, 1.82) is 0 Å². The van der Waals surface area contributed by atoms with Gasteiger partial charge in [0.25, 0.3) is 5.91 Å². The average Bonchev–Trinajstić information content (AvgIpc) is 2.44.